The van der Waals surface area contributed by atoms with Gasteiger partial charge < -0.3 is 14.1 Å². The summed E-state index contributed by atoms with van der Waals surface area (Å²) in [7, 11) is -0.576. The van der Waals surface area contributed by atoms with Crippen molar-refractivity contribution in [2.24, 2.45) is 0 Å². The van der Waals surface area contributed by atoms with Crippen LogP contribution in [-0.4, -0.2) is 80.9 Å². The summed E-state index contributed by atoms with van der Waals surface area (Å²) in [5.74, 6) is 0.335. The number of carbonyl (C=O) groups excluding carboxylic acids is 1. The number of ether oxygens (including phenoxy) is 1. The molecule has 10 nitrogen and oxygen atoms in total. The van der Waals surface area contributed by atoms with Crippen molar-refractivity contribution in [3.8, 4) is 5.75 Å². The van der Waals surface area contributed by atoms with E-state index in [1.807, 2.05) is 23.1 Å². The Morgan fingerprint density at radius 1 is 1.09 bits per heavy atom. The Kier molecular flexibility index (Phi) is 7.99. The van der Waals surface area contributed by atoms with Crippen molar-refractivity contribution < 1.29 is 22.4 Å². The first-order valence-corrected chi connectivity index (χ1v) is 17.6. The van der Waals surface area contributed by atoms with Gasteiger partial charge >= 0.3 is 0 Å². The fourth-order valence-electron chi connectivity index (χ4n) is 7.00. The van der Waals surface area contributed by atoms with Crippen molar-refractivity contribution in [3.05, 3.63) is 94.0 Å². The first-order chi connectivity index (χ1) is 21.7. The fourth-order valence-corrected chi connectivity index (χ4v) is 9.70. The summed E-state index contributed by atoms with van der Waals surface area (Å²) in [6.45, 7) is 4.95. The zero-order valence-electron chi connectivity index (χ0n) is 25.1. The number of anilines is 1. The molecule has 3 aliphatic heterocycles. The lowest BCUT2D eigenvalue weighted by atomic mass is 9.80. The maximum absolute atomic E-state index is 15.4. The van der Waals surface area contributed by atoms with Gasteiger partial charge in [0.2, 0.25) is 5.89 Å². The summed E-state index contributed by atoms with van der Waals surface area (Å²) in [5, 5.41) is 2.08. The van der Waals surface area contributed by atoms with Gasteiger partial charge in [0.05, 0.1) is 25.0 Å². The Hall–Kier alpha value is -3.26. The molecule has 0 saturated carbocycles. The van der Waals surface area contributed by atoms with E-state index in [4.69, 9.17) is 20.8 Å². The standard InChI is InChI=1S/C32H34ClN5O5S2/c1-35-13-15-36(16-14-35)21-22-7-10-28(42-2)25(19-22)32(37-12-3-5-27(37)30-34-11-17-43-30)24-20-23(33)8-9-26(24)38(31(32)39)45(40,41)29-6-4-18-44-29/h4,6-11,17-20,27H,3,5,12-16,21H2,1-2H3/t27-,32?/m0/s1. The first-order valence-electron chi connectivity index (χ1n) is 14.9. The minimum Gasteiger partial charge on any atom is -0.496 e. The summed E-state index contributed by atoms with van der Waals surface area (Å²) in [6, 6.07) is 13.7. The molecule has 13 heteroatoms. The summed E-state index contributed by atoms with van der Waals surface area (Å²) >= 11 is 7.74. The van der Waals surface area contributed by atoms with E-state index in [1.54, 1.807) is 43.0 Å². The zero-order valence-corrected chi connectivity index (χ0v) is 27.4. The van der Waals surface area contributed by atoms with Gasteiger partial charge in [-0.15, -0.1) is 11.3 Å². The van der Waals surface area contributed by atoms with Crippen LogP contribution in [0.4, 0.5) is 5.69 Å². The number of hydrogen-bond acceptors (Lipinski definition) is 10. The normalized spacial score (nSPS) is 23.1. The molecule has 2 atom stereocenters. The molecule has 45 heavy (non-hydrogen) atoms. The summed E-state index contributed by atoms with van der Waals surface area (Å²) in [4.78, 5) is 26.6. The number of methoxy groups -OCH3 is 1. The number of thiophene rings is 1. The Morgan fingerprint density at radius 2 is 1.91 bits per heavy atom. The second kappa shape index (κ2) is 11.8. The number of rotatable bonds is 8. The van der Waals surface area contributed by atoms with E-state index < -0.39 is 27.5 Å². The second-order valence-electron chi connectivity index (χ2n) is 11.7. The molecule has 2 aromatic carbocycles. The molecule has 1 unspecified atom stereocenters. The number of likely N-dealkylation sites (N-methyl/N-ethyl adjacent to an activating group) is 1. The van der Waals surface area contributed by atoms with Crippen molar-refractivity contribution in [2.75, 3.05) is 51.2 Å². The fraction of sp³-hybridized carbons (Fsp3) is 0.375. The van der Waals surface area contributed by atoms with Gasteiger partial charge in [-0.2, -0.15) is 12.7 Å². The number of sulfonamides is 1. The molecule has 236 valence electrons. The highest BCUT2D eigenvalue weighted by molar-refractivity contribution is 7.95. The molecule has 3 aliphatic rings. The smallest absolute Gasteiger partial charge is 0.280 e. The molecule has 2 saturated heterocycles. The van der Waals surface area contributed by atoms with E-state index in [0.29, 0.717) is 47.3 Å². The van der Waals surface area contributed by atoms with Crippen molar-refractivity contribution >= 4 is 44.6 Å². The highest BCUT2D eigenvalue weighted by Crippen LogP contribution is 2.57. The third-order valence-corrected chi connectivity index (χ3v) is 12.4. The maximum atomic E-state index is 15.4. The molecular formula is C32H34ClN5O5S2. The molecular weight excluding hydrogens is 634 g/mol. The van der Waals surface area contributed by atoms with Crippen molar-refractivity contribution in [2.45, 2.75) is 35.2 Å². The summed E-state index contributed by atoms with van der Waals surface area (Å²) in [6.07, 6.45) is 4.53. The topological polar surface area (TPSA) is 99.4 Å². The van der Waals surface area contributed by atoms with Crippen molar-refractivity contribution in [1.29, 1.82) is 0 Å². The first kappa shape index (κ1) is 30.4. The zero-order chi connectivity index (χ0) is 31.3. The average molecular weight is 668 g/mol. The van der Waals surface area contributed by atoms with Crippen LogP contribution >= 0.6 is 22.9 Å². The lowest BCUT2D eigenvalue weighted by molar-refractivity contribution is -0.127. The number of hydrogen-bond donors (Lipinski definition) is 0. The molecule has 2 aromatic heterocycles. The molecule has 0 radical (unpaired) electrons. The third kappa shape index (κ3) is 4.99. The van der Waals surface area contributed by atoms with Crippen LogP contribution in [0.2, 0.25) is 5.02 Å². The number of piperazine rings is 1. The van der Waals surface area contributed by atoms with Gasteiger partial charge in [0.25, 0.3) is 15.9 Å². The van der Waals surface area contributed by atoms with Crippen molar-refractivity contribution in [1.82, 2.24) is 19.7 Å². The van der Waals surface area contributed by atoms with Crippen molar-refractivity contribution in [3.63, 3.8) is 0 Å². The van der Waals surface area contributed by atoms with E-state index in [2.05, 4.69) is 21.8 Å². The number of carbonyl (C=O) groups is 1. The van der Waals surface area contributed by atoms with E-state index in [1.165, 1.54) is 12.3 Å². The SMILES string of the molecule is COc1ccc(CN2CCN(C)CC2)cc1C1(N2CCC[C@H]2c2ncco2)C(=O)N(S(=O)(=O)c2cccs2)c2ccc(Cl)cc21. The maximum Gasteiger partial charge on any atom is 0.280 e. The van der Waals surface area contributed by atoms with Gasteiger partial charge in [0.15, 0.2) is 5.54 Å². The van der Waals surface area contributed by atoms with Gasteiger partial charge in [-0.1, -0.05) is 23.7 Å². The number of benzene rings is 2. The van der Waals surface area contributed by atoms with Crippen LogP contribution in [0.5, 0.6) is 5.75 Å². The molecule has 2 fully saturated rings. The van der Waals surface area contributed by atoms with E-state index in [0.717, 1.165) is 53.8 Å². The van der Waals surface area contributed by atoms with E-state index in [9.17, 15) is 8.42 Å². The van der Waals surface area contributed by atoms with Gasteiger partial charge in [-0.3, -0.25) is 14.6 Å². The quantitative estimate of drug-likeness (QED) is 0.258. The van der Waals surface area contributed by atoms with Crippen LogP contribution in [0.25, 0.3) is 0 Å². The van der Waals surface area contributed by atoms with Gasteiger partial charge in [-0.25, -0.2) is 4.98 Å². The predicted octanol–water partition coefficient (Wildman–Crippen LogP) is 4.96. The van der Waals surface area contributed by atoms with E-state index >= 15 is 4.79 Å². The van der Waals surface area contributed by atoms with Crippen LogP contribution in [0.3, 0.4) is 0 Å². The van der Waals surface area contributed by atoms with Crippen LogP contribution in [0.15, 0.2) is 75.0 Å². The number of fused-ring (bicyclic) bond motifs is 1. The van der Waals surface area contributed by atoms with Crippen LogP contribution in [0, 0.1) is 0 Å². The molecule has 0 N–H and O–H groups in total. The molecule has 0 spiro atoms. The second-order valence-corrected chi connectivity index (χ2v) is 15.1. The van der Waals surface area contributed by atoms with Crippen LogP contribution in [-0.2, 0) is 26.9 Å². The van der Waals surface area contributed by atoms with Gasteiger partial charge in [0.1, 0.15) is 16.2 Å². The van der Waals surface area contributed by atoms with Crippen LogP contribution < -0.4 is 9.04 Å². The van der Waals surface area contributed by atoms with E-state index in [-0.39, 0.29) is 9.90 Å². The lowest BCUT2D eigenvalue weighted by Crippen LogP contribution is -2.54. The average Bonchev–Trinajstić information content (AvgIpc) is 3.85. The summed E-state index contributed by atoms with van der Waals surface area (Å²) in [5.41, 5.74) is 0.699. The Bertz CT molecular complexity index is 1810. The molecule has 7 rings (SSSR count). The Balaban J connectivity index is 1.48. The number of aromatic nitrogens is 1. The molecule has 5 heterocycles. The number of halogens is 1. The lowest BCUT2D eigenvalue weighted by Gasteiger charge is -2.41. The highest BCUT2D eigenvalue weighted by Gasteiger charge is 2.63. The highest BCUT2D eigenvalue weighted by atomic mass is 35.5. The number of oxazole rings is 1. The molecule has 0 bridgehead atoms. The Labute approximate surface area is 271 Å². The number of likely N-dealkylation sites (tertiary alicyclic amines) is 1. The molecule has 4 aromatic rings. The largest absolute Gasteiger partial charge is 0.496 e. The van der Waals surface area contributed by atoms with Crippen LogP contribution in [0.1, 0.15) is 41.5 Å². The molecule has 0 aliphatic carbocycles. The molecule has 1 amide bonds. The number of nitrogens with zero attached hydrogens (tertiary/aromatic N) is 5. The monoisotopic (exact) mass is 667 g/mol. The number of amides is 1. The van der Waals surface area contributed by atoms with Gasteiger partial charge in [0, 0.05) is 55.4 Å². The minimum atomic E-state index is -4.27. The summed E-state index contributed by atoms with van der Waals surface area (Å²) < 4.78 is 41.4. The van der Waals surface area contributed by atoms with Gasteiger partial charge in [-0.05, 0) is 67.2 Å². The third-order valence-electron chi connectivity index (χ3n) is 9.13. The predicted molar refractivity (Wildman–Crippen MR) is 172 cm³/mol. The minimum absolute atomic E-state index is 0.0778. The Morgan fingerprint density at radius 3 is 2.62 bits per heavy atom.